The fourth-order valence-corrected chi connectivity index (χ4v) is 2.03. The monoisotopic (exact) mass is 273 g/mol. The lowest BCUT2D eigenvalue weighted by molar-refractivity contribution is 0.237. The molecule has 0 fully saturated rings. The van der Waals surface area contributed by atoms with Crippen LogP contribution >= 0.6 is 0 Å². The van der Waals surface area contributed by atoms with E-state index in [1.165, 1.54) is 6.07 Å². The Hall–Kier alpha value is -2.31. The van der Waals surface area contributed by atoms with Crippen molar-refractivity contribution in [3.63, 3.8) is 0 Å². The first kappa shape index (κ1) is 12.7. The summed E-state index contributed by atoms with van der Waals surface area (Å²) in [6.07, 6.45) is 0. The zero-order chi connectivity index (χ0) is 14.1. The van der Waals surface area contributed by atoms with E-state index in [-0.39, 0.29) is 18.3 Å². The molecule has 1 heterocycles. The highest BCUT2D eigenvalue weighted by Gasteiger charge is 2.16. The Morgan fingerprint density at radius 1 is 1.20 bits per heavy atom. The Labute approximate surface area is 113 Å². The molecule has 1 aromatic heterocycles. The van der Waals surface area contributed by atoms with Crippen molar-refractivity contribution in [1.82, 2.24) is 10.1 Å². The average Bonchev–Trinajstić information content (AvgIpc) is 2.97. The molecular formula is C14H12FN3O2. The van der Waals surface area contributed by atoms with E-state index >= 15 is 0 Å². The highest BCUT2D eigenvalue weighted by atomic mass is 19.1. The van der Waals surface area contributed by atoms with Crippen LogP contribution in [-0.2, 0) is 0 Å². The third kappa shape index (κ3) is 2.04. The van der Waals surface area contributed by atoms with Gasteiger partial charge >= 0.3 is 0 Å². The molecule has 0 aliphatic carbocycles. The first-order valence-corrected chi connectivity index (χ1v) is 6.08. The fraction of sp³-hybridized carbons (Fsp3) is 0.143. The summed E-state index contributed by atoms with van der Waals surface area (Å²) in [6.45, 7) is -0.286. The van der Waals surface area contributed by atoms with Gasteiger partial charge in [0.2, 0.25) is 11.7 Å². The molecule has 2 aromatic carbocycles. The Morgan fingerprint density at radius 2 is 1.95 bits per heavy atom. The standard InChI is InChI=1S/C14H12FN3O2/c15-11-6-5-10(8-3-1-2-4-9(8)11)13-17-14(20-18-13)12(16)7-19/h1-6,12,19H,7,16H2/t12-/m0/s1. The van der Waals surface area contributed by atoms with E-state index in [1.54, 1.807) is 24.3 Å². The number of hydrogen-bond donors (Lipinski definition) is 2. The van der Waals surface area contributed by atoms with E-state index < -0.39 is 6.04 Å². The summed E-state index contributed by atoms with van der Waals surface area (Å²) in [5.41, 5.74) is 6.27. The van der Waals surface area contributed by atoms with Crippen LogP contribution in [0.3, 0.4) is 0 Å². The van der Waals surface area contributed by atoms with E-state index in [9.17, 15) is 4.39 Å². The van der Waals surface area contributed by atoms with Crippen LogP contribution in [0.4, 0.5) is 4.39 Å². The molecule has 3 aromatic rings. The topological polar surface area (TPSA) is 85.2 Å². The van der Waals surface area contributed by atoms with Gasteiger partial charge in [-0.1, -0.05) is 29.4 Å². The largest absolute Gasteiger partial charge is 0.394 e. The van der Waals surface area contributed by atoms with Gasteiger partial charge in [0.05, 0.1) is 6.61 Å². The van der Waals surface area contributed by atoms with Crippen molar-refractivity contribution in [3.8, 4) is 11.4 Å². The molecule has 3 rings (SSSR count). The minimum Gasteiger partial charge on any atom is -0.394 e. The summed E-state index contributed by atoms with van der Waals surface area (Å²) in [6, 6.07) is 9.29. The maximum Gasteiger partial charge on any atom is 0.246 e. The van der Waals surface area contributed by atoms with Crippen LogP contribution in [0.5, 0.6) is 0 Å². The Morgan fingerprint density at radius 3 is 2.70 bits per heavy atom. The van der Waals surface area contributed by atoms with Gasteiger partial charge in [-0.3, -0.25) is 0 Å². The van der Waals surface area contributed by atoms with Crippen LogP contribution < -0.4 is 5.73 Å². The number of halogens is 1. The highest BCUT2D eigenvalue weighted by molar-refractivity contribution is 5.95. The minimum atomic E-state index is -0.719. The summed E-state index contributed by atoms with van der Waals surface area (Å²) >= 11 is 0. The van der Waals surface area contributed by atoms with Gasteiger partial charge in [-0.05, 0) is 17.5 Å². The molecular weight excluding hydrogens is 261 g/mol. The van der Waals surface area contributed by atoms with Crippen LogP contribution in [0.2, 0.25) is 0 Å². The second-order valence-corrected chi connectivity index (χ2v) is 4.39. The van der Waals surface area contributed by atoms with Gasteiger partial charge in [0.25, 0.3) is 0 Å². The highest BCUT2D eigenvalue weighted by Crippen LogP contribution is 2.28. The molecule has 1 atom stereocenters. The molecule has 6 heteroatoms. The van der Waals surface area contributed by atoms with Crippen LogP contribution in [-0.4, -0.2) is 21.9 Å². The van der Waals surface area contributed by atoms with Crippen LogP contribution in [0.1, 0.15) is 11.9 Å². The van der Waals surface area contributed by atoms with Crippen molar-refractivity contribution in [2.75, 3.05) is 6.61 Å². The van der Waals surface area contributed by atoms with Crippen molar-refractivity contribution in [2.24, 2.45) is 5.73 Å². The number of nitrogens with zero attached hydrogens (tertiary/aromatic N) is 2. The maximum absolute atomic E-state index is 13.8. The van der Waals surface area contributed by atoms with Crippen molar-refractivity contribution >= 4 is 10.8 Å². The van der Waals surface area contributed by atoms with Crippen molar-refractivity contribution in [3.05, 3.63) is 48.1 Å². The van der Waals surface area contributed by atoms with Crippen molar-refractivity contribution < 1.29 is 14.0 Å². The molecule has 102 valence electrons. The lowest BCUT2D eigenvalue weighted by Gasteiger charge is -2.03. The van der Waals surface area contributed by atoms with Crippen LogP contribution in [0.25, 0.3) is 22.2 Å². The summed E-state index contributed by atoms with van der Waals surface area (Å²) in [5, 5.41) is 14.0. The Balaban J connectivity index is 2.15. The number of aliphatic hydroxyl groups excluding tert-OH is 1. The number of hydrogen-bond acceptors (Lipinski definition) is 5. The molecule has 20 heavy (non-hydrogen) atoms. The second kappa shape index (κ2) is 4.99. The van der Waals surface area contributed by atoms with Gasteiger partial charge < -0.3 is 15.4 Å². The van der Waals surface area contributed by atoms with Gasteiger partial charge in [0, 0.05) is 10.9 Å². The zero-order valence-electron chi connectivity index (χ0n) is 10.5. The lowest BCUT2D eigenvalue weighted by atomic mass is 10.0. The predicted octanol–water partition coefficient (Wildman–Crippen LogP) is 2.02. The molecule has 0 bridgehead atoms. The van der Waals surface area contributed by atoms with E-state index in [1.807, 2.05) is 6.07 Å². The molecule has 0 radical (unpaired) electrons. The number of rotatable bonds is 3. The van der Waals surface area contributed by atoms with E-state index in [4.69, 9.17) is 15.4 Å². The maximum atomic E-state index is 13.8. The number of nitrogens with two attached hydrogens (primary N) is 1. The van der Waals surface area contributed by atoms with Gasteiger partial charge in [0.1, 0.15) is 11.9 Å². The lowest BCUT2D eigenvalue weighted by Crippen LogP contribution is -2.14. The Kier molecular flexibility index (Phi) is 3.17. The van der Waals surface area contributed by atoms with E-state index in [2.05, 4.69) is 10.1 Å². The number of benzene rings is 2. The molecule has 0 saturated heterocycles. The van der Waals surface area contributed by atoms with E-state index in [0.717, 1.165) is 0 Å². The van der Waals surface area contributed by atoms with Gasteiger partial charge in [0.15, 0.2) is 0 Å². The third-order valence-electron chi connectivity index (χ3n) is 3.07. The van der Waals surface area contributed by atoms with Gasteiger partial charge in [-0.25, -0.2) is 4.39 Å². The number of fused-ring (bicyclic) bond motifs is 1. The third-order valence-corrected chi connectivity index (χ3v) is 3.07. The predicted molar refractivity (Wildman–Crippen MR) is 71.2 cm³/mol. The summed E-state index contributed by atoms with van der Waals surface area (Å²) in [7, 11) is 0. The smallest absolute Gasteiger partial charge is 0.246 e. The Bertz CT molecular complexity index is 757. The summed E-state index contributed by atoms with van der Waals surface area (Å²) in [5.74, 6) is 0.163. The first-order valence-electron chi connectivity index (χ1n) is 6.08. The quantitative estimate of drug-likeness (QED) is 0.762. The van der Waals surface area contributed by atoms with E-state index in [0.29, 0.717) is 22.2 Å². The first-order chi connectivity index (χ1) is 9.70. The number of aromatic nitrogens is 2. The normalized spacial score (nSPS) is 12.8. The van der Waals surface area contributed by atoms with Gasteiger partial charge in [-0.2, -0.15) is 4.98 Å². The van der Waals surface area contributed by atoms with Crippen molar-refractivity contribution in [2.45, 2.75) is 6.04 Å². The number of aliphatic hydroxyl groups is 1. The average molecular weight is 273 g/mol. The molecule has 0 aliphatic rings. The molecule has 3 N–H and O–H groups in total. The van der Waals surface area contributed by atoms with Gasteiger partial charge in [-0.15, -0.1) is 0 Å². The van der Waals surface area contributed by atoms with Crippen LogP contribution in [0, 0.1) is 5.82 Å². The molecule has 0 aliphatic heterocycles. The molecule has 0 amide bonds. The summed E-state index contributed by atoms with van der Waals surface area (Å²) in [4.78, 5) is 4.15. The zero-order valence-corrected chi connectivity index (χ0v) is 10.5. The second-order valence-electron chi connectivity index (χ2n) is 4.39. The fourth-order valence-electron chi connectivity index (χ4n) is 2.03. The summed E-state index contributed by atoms with van der Waals surface area (Å²) < 4.78 is 18.8. The van der Waals surface area contributed by atoms with Crippen molar-refractivity contribution in [1.29, 1.82) is 0 Å². The molecule has 5 nitrogen and oxygen atoms in total. The SMILES string of the molecule is N[C@@H](CO)c1nc(-c2ccc(F)c3ccccc23)no1. The van der Waals surface area contributed by atoms with Crippen LogP contribution in [0.15, 0.2) is 40.9 Å². The minimum absolute atomic E-state index is 0.149. The molecule has 0 spiro atoms. The molecule has 0 saturated carbocycles. The molecule has 0 unspecified atom stereocenters.